The van der Waals surface area contributed by atoms with Crippen molar-refractivity contribution in [3.8, 4) is 0 Å². The molecule has 4 nitrogen and oxygen atoms in total. The lowest BCUT2D eigenvalue weighted by Crippen LogP contribution is -2.54. The SMILES string of the molecule is CC(C)NC(C)(CCN(CC(F)(F)F)C1CC1)C(=O)O. The van der Waals surface area contributed by atoms with Crippen molar-refractivity contribution in [2.45, 2.75) is 63.8 Å². The molecule has 0 amide bonds. The largest absolute Gasteiger partial charge is 0.480 e. The van der Waals surface area contributed by atoms with Crippen LogP contribution in [0.25, 0.3) is 0 Å². The molecule has 0 aromatic carbocycles. The van der Waals surface area contributed by atoms with E-state index in [0.717, 1.165) is 12.8 Å². The number of carboxylic acids is 1. The molecule has 20 heavy (non-hydrogen) atoms. The second-order valence-corrected chi connectivity index (χ2v) is 6.00. The first kappa shape index (κ1) is 17.2. The van der Waals surface area contributed by atoms with Crippen molar-refractivity contribution in [3.05, 3.63) is 0 Å². The summed E-state index contributed by atoms with van der Waals surface area (Å²) in [6.07, 6.45) is -2.57. The Morgan fingerprint density at radius 2 is 1.95 bits per heavy atom. The predicted molar refractivity (Wildman–Crippen MR) is 69.6 cm³/mol. The van der Waals surface area contributed by atoms with Gasteiger partial charge in [-0.3, -0.25) is 15.0 Å². The summed E-state index contributed by atoms with van der Waals surface area (Å²) >= 11 is 0. The summed E-state index contributed by atoms with van der Waals surface area (Å²) in [5, 5.41) is 12.2. The minimum Gasteiger partial charge on any atom is -0.480 e. The van der Waals surface area contributed by atoms with E-state index in [4.69, 9.17) is 0 Å². The lowest BCUT2D eigenvalue weighted by molar-refractivity contribution is -0.150. The summed E-state index contributed by atoms with van der Waals surface area (Å²) in [5.74, 6) is -1.03. The Labute approximate surface area is 117 Å². The standard InChI is InChI=1S/C13H23F3N2O2/c1-9(2)17-12(3,11(19)20)6-7-18(10-4-5-10)8-13(14,15)16/h9-10,17H,4-8H2,1-3H3,(H,19,20). The third kappa shape index (κ3) is 5.66. The Kier molecular flexibility index (Phi) is 5.43. The Morgan fingerprint density at radius 1 is 1.40 bits per heavy atom. The number of rotatable bonds is 8. The van der Waals surface area contributed by atoms with E-state index in [1.54, 1.807) is 0 Å². The summed E-state index contributed by atoms with van der Waals surface area (Å²) in [6, 6.07) is -0.0955. The molecule has 1 aliphatic carbocycles. The number of carboxylic acid groups (broad SMARTS) is 1. The van der Waals surface area contributed by atoms with E-state index in [2.05, 4.69) is 5.32 Å². The van der Waals surface area contributed by atoms with Gasteiger partial charge in [0.25, 0.3) is 0 Å². The van der Waals surface area contributed by atoms with Crippen LogP contribution in [-0.4, -0.2) is 52.9 Å². The van der Waals surface area contributed by atoms with Gasteiger partial charge < -0.3 is 5.11 Å². The lowest BCUT2D eigenvalue weighted by Gasteiger charge is -2.32. The van der Waals surface area contributed by atoms with Gasteiger partial charge in [-0.15, -0.1) is 0 Å². The Morgan fingerprint density at radius 3 is 2.30 bits per heavy atom. The summed E-state index contributed by atoms with van der Waals surface area (Å²) < 4.78 is 37.5. The van der Waals surface area contributed by atoms with Crippen LogP contribution in [0.2, 0.25) is 0 Å². The molecule has 118 valence electrons. The Balaban J connectivity index is 2.61. The Hall–Kier alpha value is -0.820. The topological polar surface area (TPSA) is 52.6 Å². The van der Waals surface area contributed by atoms with Gasteiger partial charge in [0.15, 0.2) is 0 Å². The van der Waals surface area contributed by atoms with Crippen LogP contribution < -0.4 is 5.32 Å². The maximum absolute atomic E-state index is 12.5. The van der Waals surface area contributed by atoms with Crippen LogP contribution in [0.1, 0.15) is 40.0 Å². The Bertz CT molecular complexity index is 343. The molecule has 7 heteroatoms. The molecule has 1 aliphatic rings. The highest BCUT2D eigenvalue weighted by atomic mass is 19.4. The molecule has 0 spiro atoms. The van der Waals surface area contributed by atoms with Crippen LogP contribution in [-0.2, 0) is 4.79 Å². The van der Waals surface area contributed by atoms with Crippen LogP contribution in [0.3, 0.4) is 0 Å². The van der Waals surface area contributed by atoms with Gasteiger partial charge >= 0.3 is 12.1 Å². The van der Waals surface area contributed by atoms with Crippen molar-refractivity contribution in [3.63, 3.8) is 0 Å². The first-order valence-corrected chi connectivity index (χ1v) is 6.85. The molecule has 0 aromatic heterocycles. The van der Waals surface area contributed by atoms with E-state index in [0.29, 0.717) is 0 Å². The van der Waals surface area contributed by atoms with Crippen molar-refractivity contribution in [1.29, 1.82) is 0 Å². The second-order valence-electron chi connectivity index (χ2n) is 6.00. The molecule has 0 aromatic rings. The molecule has 0 radical (unpaired) electrons. The minimum atomic E-state index is -4.24. The van der Waals surface area contributed by atoms with Crippen molar-refractivity contribution in [2.24, 2.45) is 0 Å². The summed E-state index contributed by atoms with van der Waals surface area (Å²) in [4.78, 5) is 12.7. The number of hydrogen-bond acceptors (Lipinski definition) is 3. The molecule has 0 bridgehead atoms. The average molecular weight is 296 g/mol. The third-order valence-corrected chi connectivity index (χ3v) is 3.42. The molecule has 0 saturated heterocycles. The molecule has 2 N–H and O–H groups in total. The molecular weight excluding hydrogens is 273 g/mol. The van der Waals surface area contributed by atoms with Crippen LogP contribution in [0.15, 0.2) is 0 Å². The highest BCUT2D eigenvalue weighted by Gasteiger charge is 2.40. The van der Waals surface area contributed by atoms with Crippen molar-refractivity contribution < 1.29 is 23.1 Å². The highest BCUT2D eigenvalue weighted by molar-refractivity contribution is 5.78. The maximum Gasteiger partial charge on any atom is 0.401 e. The number of carbonyl (C=O) groups is 1. The van der Waals surface area contributed by atoms with Crippen LogP contribution in [0.5, 0.6) is 0 Å². The predicted octanol–water partition coefficient (Wildman–Crippen LogP) is 2.24. The van der Waals surface area contributed by atoms with E-state index in [9.17, 15) is 23.1 Å². The number of hydrogen-bond donors (Lipinski definition) is 2. The van der Waals surface area contributed by atoms with E-state index in [-0.39, 0.29) is 25.0 Å². The summed E-state index contributed by atoms with van der Waals surface area (Å²) in [5.41, 5.74) is -1.20. The number of halogens is 3. The van der Waals surface area contributed by atoms with Crippen LogP contribution in [0, 0.1) is 0 Å². The smallest absolute Gasteiger partial charge is 0.401 e. The van der Waals surface area contributed by atoms with Gasteiger partial charge in [0.05, 0.1) is 6.54 Å². The number of nitrogens with one attached hydrogen (secondary N) is 1. The first-order chi connectivity index (χ1) is 9.03. The van der Waals surface area contributed by atoms with Gasteiger partial charge in [0.1, 0.15) is 5.54 Å². The van der Waals surface area contributed by atoms with E-state index in [1.165, 1.54) is 11.8 Å². The molecule has 1 fully saturated rings. The zero-order valence-electron chi connectivity index (χ0n) is 12.1. The zero-order chi connectivity index (χ0) is 15.6. The molecular formula is C13H23F3N2O2. The quantitative estimate of drug-likeness (QED) is 0.721. The minimum absolute atomic E-state index is 0.0475. The van der Waals surface area contributed by atoms with Gasteiger partial charge in [-0.05, 0) is 40.0 Å². The zero-order valence-corrected chi connectivity index (χ0v) is 12.1. The van der Waals surface area contributed by atoms with Gasteiger partial charge in [-0.2, -0.15) is 13.2 Å². The number of aliphatic carboxylic acids is 1. The van der Waals surface area contributed by atoms with Gasteiger partial charge in [0, 0.05) is 18.6 Å². The fourth-order valence-electron chi connectivity index (χ4n) is 2.31. The van der Waals surface area contributed by atoms with Crippen molar-refractivity contribution in [1.82, 2.24) is 10.2 Å². The van der Waals surface area contributed by atoms with Crippen molar-refractivity contribution >= 4 is 5.97 Å². The molecule has 1 saturated carbocycles. The molecule has 1 atom stereocenters. The van der Waals surface area contributed by atoms with Gasteiger partial charge in [-0.25, -0.2) is 0 Å². The van der Waals surface area contributed by atoms with Crippen LogP contribution >= 0.6 is 0 Å². The molecule has 0 heterocycles. The van der Waals surface area contributed by atoms with E-state index < -0.39 is 24.2 Å². The molecule has 1 unspecified atom stereocenters. The lowest BCUT2D eigenvalue weighted by atomic mass is 9.96. The monoisotopic (exact) mass is 296 g/mol. The third-order valence-electron chi connectivity index (χ3n) is 3.42. The average Bonchev–Trinajstić information content (AvgIpc) is 3.05. The van der Waals surface area contributed by atoms with Crippen molar-refractivity contribution in [2.75, 3.05) is 13.1 Å². The highest BCUT2D eigenvalue weighted by Crippen LogP contribution is 2.31. The maximum atomic E-state index is 12.5. The fraction of sp³-hybridized carbons (Fsp3) is 0.923. The van der Waals surface area contributed by atoms with Gasteiger partial charge in [0.2, 0.25) is 0 Å². The fourth-order valence-corrected chi connectivity index (χ4v) is 2.31. The van der Waals surface area contributed by atoms with Crippen LogP contribution in [0.4, 0.5) is 13.2 Å². The van der Waals surface area contributed by atoms with E-state index >= 15 is 0 Å². The second kappa shape index (κ2) is 6.30. The molecule has 0 aliphatic heterocycles. The normalized spacial score (nSPS) is 19.4. The molecule has 1 rings (SSSR count). The van der Waals surface area contributed by atoms with E-state index in [1.807, 2.05) is 13.8 Å². The summed E-state index contributed by atoms with van der Waals surface area (Å²) in [6.45, 7) is 4.32. The first-order valence-electron chi connectivity index (χ1n) is 6.85. The van der Waals surface area contributed by atoms with Gasteiger partial charge in [-0.1, -0.05) is 0 Å². The summed E-state index contributed by atoms with van der Waals surface area (Å²) in [7, 11) is 0. The number of nitrogens with zero attached hydrogens (tertiary/aromatic N) is 1. The number of alkyl halides is 3.